The highest BCUT2D eigenvalue weighted by Gasteiger charge is 2.04. The Morgan fingerprint density at radius 3 is 2.54 bits per heavy atom. The summed E-state index contributed by atoms with van der Waals surface area (Å²) in [6.45, 7) is -0.276. The molecule has 0 aliphatic rings. The molecule has 2 aromatic carbocycles. The molecule has 0 spiro atoms. The van der Waals surface area contributed by atoms with Crippen molar-refractivity contribution in [1.29, 1.82) is 0 Å². The molecule has 0 saturated carbocycles. The Hall–Kier alpha value is -2.87. The van der Waals surface area contributed by atoms with E-state index in [4.69, 9.17) is 21.7 Å². The van der Waals surface area contributed by atoms with Gasteiger partial charge in [0.1, 0.15) is 17.3 Å². The Bertz CT molecular complexity index is 710. The summed E-state index contributed by atoms with van der Waals surface area (Å²) in [6.07, 6.45) is 0. The molecular weight excluding hydrogens is 333 g/mol. The monoisotopic (exact) mass is 349 g/mol. The number of rotatable bonds is 5. The van der Waals surface area contributed by atoms with Crippen LogP contribution >= 0.6 is 12.2 Å². The molecule has 3 N–H and O–H groups in total. The second-order valence-electron chi connectivity index (χ2n) is 4.60. The molecule has 0 atom stereocenters. The highest BCUT2D eigenvalue weighted by molar-refractivity contribution is 7.80. The summed E-state index contributed by atoms with van der Waals surface area (Å²) in [4.78, 5) is 11.6. The van der Waals surface area contributed by atoms with Gasteiger partial charge in [-0.25, -0.2) is 4.39 Å². The van der Waals surface area contributed by atoms with Crippen LogP contribution in [0.4, 0.5) is 10.1 Å². The lowest BCUT2D eigenvalue weighted by Gasteiger charge is -2.12. The summed E-state index contributed by atoms with van der Waals surface area (Å²) < 4.78 is 23.2. The van der Waals surface area contributed by atoms with E-state index < -0.39 is 11.7 Å². The molecule has 126 valence electrons. The molecule has 0 fully saturated rings. The third-order valence-electron chi connectivity index (χ3n) is 2.83. The van der Waals surface area contributed by atoms with E-state index in [1.54, 1.807) is 37.4 Å². The van der Waals surface area contributed by atoms with Crippen LogP contribution in [-0.4, -0.2) is 24.7 Å². The molecule has 6 nitrogen and oxygen atoms in total. The van der Waals surface area contributed by atoms with Crippen LogP contribution in [0.25, 0.3) is 0 Å². The van der Waals surface area contributed by atoms with Crippen molar-refractivity contribution >= 4 is 28.9 Å². The van der Waals surface area contributed by atoms with Crippen LogP contribution in [0.3, 0.4) is 0 Å². The first-order valence-electron chi connectivity index (χ1n) is 6.95. The first-order chi connectivity index (χ1) is 11.6. The summed E-state index contributed by atoms with van der Waals surface area (Å²) in [5, 5.41) is 3.10. The second-order valence-corrected chi connectivity index (χ2v) is 5.01. The smallest absolute Gasteiger partial charge is 0.276 e. The highest BCUT2D eigenvalue weighted by Crippen LogP contribution is 2.14. The highest BCUT2D eigenvalue weighted by atomic mass is 32.1. The minimum atomic E-state index is -0.460. The lowest BCUT2D eigenvalue weighted by Crippen LogP contribution is -2.45. The van der Waals surface area contributed by atoms with E-state index in [9.17, 15) is 9.18 Å². The molecule has 2 rings (SSSR count). The average molecular weight is 349 g/mol. The van der Waals surface area contributed by atoms with Crippen molar-refractivity contribution in [1.82, 2.24) is 10.9 Å². The number of carbonyl (C=O) groups is 1. The molecule has 0 radical (unpaired) electrons. The number of hydrogen-bond acceptors (Lipinski definition) is 4. The van der Waals surface area contributed by atoms with Gasteiger partial charge in [0.25, 0.3) is 5.91 Å². The number of carbonyl (C=O) groups excluding carboxylic acids is 1. The summed E-state index contributed by atoms with van der Waals surface area (Å²) in [5.41, 5.74) is 5.65. The van der Waals surface area contributed by atoms with Crippen LogP contribution in [0.5, 0.6) is 11.5 Å². The molecular formula is C16H16FN3O3S. The van der Waals surface area contributed by atoms with E-state index in [1.165, 1.54) is 18.2 Å². The van der Waals surface area contributed by atoms with Gasteiger partial charge in [-0.1, -0.05) is 6.07 Å². The molecule has 0 heterocycles. The molecule has 0 aliphatic carbocycles. The normalized spacial score (nSPS) is 9.75. The van der Waals surface area contributed by atoms with Crippen molar-refractivity contribution in [3.63, 3.8) is 0 Å². The number of thiocarbonyl (C=S) groups is 1. The third kappa shape index (κ3) is 5.73. The van der Waals surface area contributed by atoms with Crippen LogP contribution in [0.2, 0.25) is 0 Å². The SMILES string of the molecule is COc1ccc(NC(=S)NNC(=O)COc2cccc(F)c2)cc1. The maximum absolute atomic E-state index is 13.0. The zero-order valence-corrected chi connectivity index (χ0v) is 13.7. The van der Waals surface area contributed by atoms with Crippen LogP contribution in [-0.2, 0) is 4.79 Å². The number of hydrogen-bond donors (Lipinski definition) is 3. The van der Waals surface area contributed by atoms with Crippen molar-refractivity contribution in [2.24, 2.45) is 0 Å². The zero-order chi connectivity index (χ0) is 17.4. The maximum Gasteiger partial charge on any atom is 0.276 e. The minimum absolute atomic E-state index is 0.208. The van der Waals surface area contributed by atoms with E-state index in [-0.39, 0.29) is 17.5 Å². The fourth-order valence-corrected chi connectivity index (χ4v) is 1.87. The summed E-state index contributed by atoms with van der Waals surface area (Å²) in [5.74, 6) is 0.0976. The number of amides is 1. The molecule has 2 aromatic rings. The van der Waals surface area contributed by atoms with Gasteiger partial charge < -0.3 is 14.8 Å². The van der Waals surface area contributed by atoms with Gasteiger partial charge in [-0.05, 0) is 48.6 Å². The number of ether oxygens (including phenoxy) is 2. The first-order valence-corrected chi connectivity index (χ1v) is 7.36. The summed E-state index contributed by atoms with van der Waals surface area (Å²) >= 11 is 5.05. The first kappa shape index (κ1) is 17.5. The lowest BCUT2D eigenvalue weighted by molar-refractivity contribution is -0.123. The Morgan fingerprint density at radius 1 is 1.12 bits per heavy atom. The molecule has 0 aliphatic heterocycles. The van der Waals surface area contributed by atoms with E-state index in [0.717, 1.165) is 11.4 Å². The minimum Gasteiger partial charge on any atom is -0.497 e. The zero-order valence-electron chi connectivity index (χ0n) is 12.8. The van der Waals surface area contributed by atoms with Gasteiger partial charge in [0.05, 0.1) is 7.11 Å². The lowest BCUT2D eigenvalue weighted by atomic mass is 10.3. The topological polar surface area (TPSA) is 71.6 Å². The molecule has 8 heteroatoms. The number of anilines is 1. The van der Waals surface area contributed by atoms with Crippen LogP contribution in [0.1, 0.15) is 0 Å². The van der Waals surface area contributed by atoms with Gasteiger partial charge in [-0.3, -0.25) is 15.6 Å². The van der Waals surface area contributed by atoms with Crippen molar-refractivity contribution in [2.45, 2.75) is 0 Å². The Kier molecular flexibility index (Phi) is 6.32. The van der Waals surface area contributed by atoms with Gasteiger partial charge in [-0.15, -0.1) is 0 Å². The van der Waals surface area contributed by atoms with Crippen LogP contribution in [0, 0.1) is 5.82 Å². The number of nitrogens with one attached hydrogen (secondary N) is 3. The largest absolute Gasteiger partial charge is 0.497 e. The summed E-state index contributed by atoms with van der Waals surface area (Å²) in [7, 11) is 1.58. The second kappa shape index (κ2) is 8.68. The Balaban J connectivity index is 1.71. The van der Waals surface area contributed by atoms with E-state index in [0.29, 0.717) is 0 Å². The Morgan fingerprint density at radius 2 is 1.88 bits per heavy atom. The standard InChI is InChI=1S/C16H16FN3O3S/c1-22-13-7-5-12(6-8-13)18-16(24)20-19-15(21)10-23-14-4-2-3-11(17)9-14/h2-9H,10H2,1H3,(H,19,21)(H2,18,20,24). The number of benzene rings is 2. The predicted octanol–water partition coefficient (Wildman–Crippen LogP) is 2.23. The van der Waals surface area contributed by atoms with Gasteiger partial charge in [0.15, 0.2) is 11.7 Å². The Labute approximate surface area is 143 Å². The van der Waals surface area contributed by atoms with E-state index in [1.807, 2.05) is 0 Å². The quantitative estimate of drug-likeness (QED) is 0.568. The fourth-order valence-electron chi connectivity index (χ4n) is 1.70. The molecule has 0 aromatic heterocycles. The fraction of sp³-hybridized carbons (Fsp3) is 0.125. The van der Waals surface area contributed by atoms with Gasteiger partial charge >= 0.3 is 0 Å². The summed E-state index contributed by atoms with van der Waals surface area (Å²) in [6, 6.07) is 12.6. The van der Waals surface area contributed by atoms with E-state index >= 15 is 0 Å². The number of methoxy groups -OCH3 is 1. The van der Waals surface area contributed by atoms with Crippen molar-refractivity contribution in [3.05, 3.63) is 54.3 Å². The molecule has 24 heavy (non-hydrogen) atoms. The molecule has 0 saturated heterocycles. The van der Waals surface area contributed by atoms with Crippen molar-refractivity contribution in [2.75, 3.05) is 19.0 Å². The molecule has 0 bridgehead atoms. The van der Waals surface area contributed by atoms with E-state index in [2.05, 4.69) is 16.2 Å². The maximum atomic E-state index is 13.0. The van der Waals surface area contributed by atoms with Gasteiger partial charge in [0.2, 0.25) is 0 Å². The average Bonchev–Trinajstić information content (AvgIpc) is 2.59. The van der Waals surface area contributed by atoms with Gasteiger partial charge in [0, 0.05) is 11.8 Å². The molecule has 1 amide bonds. The van der Waals surface area contributed by atoms with Crippen LogP contribution < -0.4 is 25.6 Å². The van der Waals surface area contributed by atoms with Crippen LogP contribution in [0.15, 0.2) is 48.5 Å². The number of hydrazine groups is 1. The van der Waals surface area contributed by atoms with Gasteiger partial charge in [-0.2, -0.15) is 0 Å². The number of halogens is 1. The predicted molar refractivity (Wildman–Crippen MR) is 92.4 cm³/mol. The van der Waals surface area contributed by atoms with Crippen molar-refractivity contribution in [3.8, 4) is 11.5 Å². The van der Waals surface area contributed by atoms with Crippen molar-refractivity contribution < 1.29 is 18.7 Å². The third-order valence-corrected chi connectivity index (χ3v) is 3.03. The molecule has 0 unspecified atom stereocenters.